The lowest BCUT2D eigenvalue weighted by molar-refractivity contribution is 0.00578. The Morgan fingerprint density at radius 1 is 1.19 bits per heavy atom. The van der Waals surface area contributed by atoms with E-state index in [-0.39, 0.29) is 5.73 Å². The number of allylic oxidation sites excluding steroid dienone is 1. The van der Waals surface area contributed by atoms with Gasteiger partial charge in [-0.15, -0.1) is 11.3 Å². The number of halogens is 1. The molecule has 0 bridgehead atoms. The van der Waals surface area contributed by atoms with Crippen LogP contribution in [0, 0.1) is 6.92 Å². The molecule has 1 aromatic rings. The van der Waals surface area contributed by atoms with E-state index in [4.69, 9.17) is 9.31 Å². The first-order valence-electron chi connectivity index (χ1n) is 7.49. The molecule has 0 aromatic carbocycles. The van der Waals surface area contributed by atoms with Crippen LogP contribution in [0.2, 0.25) is 0 Å². The minimum absolute atomic E-state index is 0.210. The zero-order chi connectivity index (χ0) is 15.4. The van der Waals surface area contributed by atoms with Gasteiger partial charge in [0.05, 0.1) is 11.2 Å². The van der Waals surface area contributed by atoms with E-state index in [0.717, 1.165) is 18.4 Å². The summed E-state index contributed by atoms with van der Waals surface area (Å²) < 4.78 is 26.1. The van der Waals surface area contributed by atoms with E-state index < -0.39 is 18.3 Å². The molecule has 5 heteroatoms. The molecule has 2 fully saturated rings. The summed E-state index contributed by atoms with van der Waals surface area (Å²) in [7, 11) is -0.837. The van der Waals surface area contributed by atoms with Gasteiger partial charge in [0.25, 0.3) is 0 Å². The fraction of sp³-hybridized carbons (Fsp3) is 0.625. The van der Waals surface area contributed by atoms with E-state index in [1.54, 1.807) is 0 Å². The topological polar surface area (TPSA) is 18.5 Å². The monoisotopic (exact) mass is 308 g/mol. The maximum atomic E-state index is 14.6. The molecule has 0 atom stereocenters. The van der Waals surface area contributed by atoms with Gasteiger partial charge in [0.2, 0.25) is 0 Å². The van der Waals surface area contributed by atoms with E-state index >= 15 is 0 Å². The van der Waals surface area contributed by atoms with Gasteiger partial charge in [-0.1, -0.05) is 0 Å². The highest BCUT2D eigenvalue weighted by Gasteiger charge is 2.54. The Morgan fingerprint density at radius 3 is 2.24 bits per heavy atom. The van der Waals surface area contributed by atoms with Crippen molar-refractivity contribution in [2.45, 2.75) is 64.6 Å². The highest BCUT2D eigenvalue weighted by Crippen LogP contribution is 2.47. The van der Waals surface area contributed by atoms with Crippen molar-refractivity contribution in [1.82, 2.24) is 0 Å². The lowest BCUT2D eigenvalue weighted by atomic mass is 9.72. The molecule has 1 saturated heterocycles. The van der Waals surface area contributed by atoms with Crippen molar-refractivity contribution >= 4 is 18.5 Å². The van der Waals surface area contributed by atoms with Crippen molar-refractivity contribution in [1.29, 1.82) is 0 Å². The third-order valence-corrected chi connectivity index (χ3v) is 6.11. The van der Waals surface area contributed by atoms with Crippen molar-refractivity contribution in [3.05, 3.63) is 33.2 Å². The SMILES string of the molecule is Cc1ccc(C2CC(=C(F)B3OC(C)(C)C(C)(C)O3)C2)s1. The number of rotatable bonds is 2. The first-order valence-corrected chi connectivity index (χ1v) is 8.31. The molecule has 0 unspecified atom stereocenters. The summed E-state index contributed by atoms with van der Waals surface area (Å²) in [4.78, 5) is 2.67. The largest absolute Gasteiger partial charge is 0.525 e. The third-order valence-electron chi connectivity index (χ3n) is 4.95. The second-order valence-corrected chi connectivity index (χ2v) is 8.41. The Morgan fingerprint density at radius 2 is 1.76 bits per heavy atom. The molecule has 0 spiro atoms. The Balaban J connectivity index is 1.69. The first kappa shape index (κ1) is 15.3. The fourth-order valence-corrected chi connectivity index (χ4v) is 3.69. The van der Waals surface area contributed by atoms with Gasteiger partial charge in [0.15, 0.2) is 0 Å². The van der Waals surface area contributed by atoms with Gasteiger partial charge in [-0.05, 0) is 65.2 Å². The van der Waals surface area contributed by atoms with Gasteiger partial charge >= 0.3 is 7.12 Å². The molecule has 2 aliphatic rings. The van der Waals surface area contributed by atoms with Crippen molar-refractivity contribution in [3.8, 4) is 0 Å². The number of aryl methyl sites for hydroxylation is 1. The normalized spacial score (nSPS) is 26.9. The molecule has 0 amide bonds. The standard InChI is InChI=1S/C16H22BFO2S/c1-10-6-7-13(21-10)11-8-12(9-11)14(18)17-19-15(2,3)16(4,5)20-17/h6-7,11H,8-9H2,1-5H3. The molecule has 0 radical (unpaired) electrons. The lowest BCUT2D eigenvalue weighted by Gasteiger charge is -2.32. The van der Waals surface area contributed by atoms with Gasteiger partial charge in [-0.3, -0.25) is 0 Å². The van der Waals surface area contributed by atoms with Crippen LogP contribution in [0.15, 0.2) is 23.4 Å². The maximum absolute atomic E-state index is 14.6. The predicted octanol–water partition coefficient (Wildman–Crippen LogP) is 4.79. The van der Waals surface area contributed by atoms with Crippen molar-refractivity contribution < 1.29 is 13.7 Å². The second-order valence-electron chi connectivity index (χ2n) is 7.09. The molecule has 21 heavy (non-hydrogen) atoms. The molecule has 1 aliphatic carbocycles. The van der Waals surface area contributed by atoms with Gasteiger partial charge in [0.1, 0.15) is 5.73 Å². The minimum Gasteiger partial charge on any atom is -0.398 e. The van der Waals surface area contributed by atoms with Crippen LogP contribution in [0.4, 0.5) is 4.39 Å². The number of hydrogen-bond acceptors (Lipinski definition) is 3. The zero-order valence-corrected chi connectivity index (χ0v) is 14.1. The summed E-state index contributed by atoms with van der Waals surface area (Å²) in [5.74, 6) is 0.465. The quantitative estimate of drug-likeness (QED) is 0.731. The number of thiophene rings is 1. The van der Waals surface area contributed by atoms with Gasteiger partial charge in [0, 0.05) is 15.7 Å². The predicted molar refractivity (Wildman–Crippen MR) is 85.2 cm³/mol. The average Bonchev–Trinajstić information content (AvgIpc) is 2.79. The van der Waals surface area contributed by atoms with Crippen LogP contribution in [0.3, 0.4) is 0 Å². The van der Waals surface area contributed by atoms with Crippen LogP contribution < -0.4 is 0 Å². The summed E-state index contributed by atoms with van der Waals surface area (Å²) >= 11 is 1.81. The molecule has 114 valence electrons. The van der Waals surface area contributed by atoms with Crippen molar-refractivity contribution in [2.24, 2.45) is 0 Å². The highest BCUT2D eigenvalue weighted by molar-refractivity contribution is 7.12. The summed E-state index contributed by atoms with van der Waals surface area (Å²) in [5, 5.41) is 0. The Labute approximate surface area is 130 Å². The molecular weight excluding hydrogens is 286 g/mol. The minimum atomic E-state index is -0.837. The Hall–Kier alpha value is -0.645. The molecule has 1 aromatic heterocycles. The highest BCUT2D eigenvalue weighted by atomic mass is 32.1. The van der Waals surface area contributed by atoms with E-state index in [1.807, 2.05) is 39.0 Å². The van der Waals surface area contributed by atoms with Crippen LogP contribution in [0.1, 0.15) is 56.2 Å². The summed E-state index contributed by atoms with van der Waals surface area (Å²) in [5.41, 5.74) is -0.324. The Bertz CT molecular complexity index is 567. The van der Waals surface area contributed by atoms with Crippen LogP contribution in [-0.2, 0) is 9.31 Å². The molecule has 2 heterocycles. The average molecular weight is 308 g/mol. The van der Waals surface area contributed by atoms with E-state index in [0.29, 0.717) is 5.92 Å². The van der Waals surface area contributed by atoms with Crippen LogP contribution >= 0.6 is 11.3 Å². The van der Waals surface area contributed by atoms with Gasteiger partial charge in [-0.2, -0.15) is 0 Å². The van der Waals surface area contributed by atoms with Crippen LogP contribution in [0.25, 0.3) is 0 Å². The molecule has 2 nitrogen and oxygen atoms in total. The lowest BCUT2D eigenvalue weighted by Crippen LogP contribution is -2.41. The smallest absolute Gasteiger partial charge is 0.398 e. The fourth-order valence-electron chi connectivity index (χ4n) is 2.72. The maximum Gasteiger partial charge on any atom is 0.525 e. The third kappa shape index (κ3) is 2.60. The molecule has 1 saturated carbocycles. The van der Waals surface area contributed by atoms with Crippen molar-refractivity contribution in [2.75, 3.05) is 0 Å². The van der Waals surface area contributed by atoms with E-state index in [2.05, 4.69) is 19.1 Å². The molecular formula is C16H22BFO2S. The molecule has 1 aliphatic heterocycles. The molecule has 3 rings (SSSR count). The van der Waals surface area contributed by atoms with Crippen LogP contribution in [-0.4, -0.2) is 18.3 Å². The first-order chi connectivity index (χ1) is 9.69. The van der Waals surface area contributed by atoms with Crippen molar-refractivity contribution in [3.63, 3.8) is 0 Å². The van der Waals surface area contributed by atoms with E-state index in [1.165, 1.54) is 9.75 Å². The van der Waals surface area contributed by atoms with Gasteiger partial charge < -0.3 is 9.31 Å². The summed E-state index contributed by atoms with van der Waals surface area (Å²) in [6, 6.07) is 4.29. The zero-order valence-electron chi connectivity index (χ0n) is 13.3. The number of hydrogen-bond donors (Lipinski definition) is 0. The van der Waals surface area contributed by atoms with Crippen LogP contribution in [0.5, 0.6) is 0 Å². The summed E-state index contributed by atoms with van der Waals surface area (Å²) in [6.07, 6.45) is 1.58. The van der Waals surface area contributed by atoms with E-state index in [9.17, 15) is 4.39 Å². The van der Waals surface area contributed by atoms with Gasteiger partial charge in [-0.25, -0.2) is 4.39 Å². The Kier molecular flexibility index (Phi) is 3.58. The summed E-state index contributed by atoms with van der Waals surface area (Å²) in [6.45, 7) is 9.90. The second kappa shape index (κ2) is 4.93. The molecule has 0 N–H and O–H groups in total.